The smallest absolute Gasteiger partial charge is 0.352 e. The molecule has 4 rings (SSSR count). The Morgan fingerprint density at radius 2 is 2.29 bits per heavy atom. The van der Waals surface area contributed by atoms with E-state index in [0.717, 1.165) is 5.37 Å². The normalized spacial score (nSPS) is 30.9. The molecule has 0 radical (unpaired) electrons. The molecule has 3 heterocycles. The molecule has 3 N–H and O–H groups in total. The van der Waals surface area contributed by atoms with Gasteiger partial charge in [0.25, 0.3) is 5.91 Å². The van der Waals surface area contributed by atoms with Gasteiger partial charge in [-0.3, -0.25) is 9.69 Å². The predicted octanol–water partition coefficient (Wildman–Crippen LogP) is 0.887. The van der Waals surface area contributed by atoms with Crippen LogP contribution in [0.5, 0.6) is 0 Å². The summed E-state index contributed by atoms with van der Waals surface area (Å²) in [6.45, 7) is 0. The molecule has 0 spiro atoms. The number of carbonyl (C=O) groups is 3. The predicted molar refractivity (Wildman–Crippen MR) is 124 cm³/mol. The highest BCUT2D eigenvalue weighted by Gasteiger charge is 2.55. The van der Waals surface area contributed by atoms with Gasteiger partial charge in [0.05, 0.1) is 27.9 Å². The van der Waals surface area contributed by atoms with Crippen LogP contribution in [0.1, 0.15) is 6.42 Å². The van der Waals surface area contributed by atoms with E-state index < -0.39 is 28.5 Å². The fourth-order valence-corrected chi connectivity index (χ4v) is 7.59. The third kappa shape index (κ3) is 4.27. The molecule has 5 atom stereocenters. The van der Waals surface area contributed by atoms with E-state index in [1.165, 1.54) is 34.0 Å². The number of aliphatic carboxylic acids is 2. The van der Waals surface area contributed by atoms with E-state index in [4.69, 9.17) is 22.6 Å². The fourth-order valence-electron chi connectivity index (χ4n) is 3.33. The molecule has 3 aliphatic heterocycles. The molecular formula is C17H15N5O5S4. The van der Waals surface area contributed by atoms with Gasteiger partial charge in [0.1, 0.15) is 17.1 Å². The van der Waals surface area contributed by atoms with E-state index in [1.54, 1.807) is 0 Å². The van der Waals surface area contributed by atoms with Crippen molar-refractivity contribution in [3.63, 3.8) is 0 Å². The lowest BCUT2D eigenvalue weighted by Gasteiger charge is -2.49. The SMILES string of the molecule is N#C[C@@H]1C[C@@H]1C(=S)NC1C(=O)N2C(C(=O)O)=C(CSC3=NN=CS3=CC(=O)O)CS[C@@H]12. The van der Waals surface area contributed by atoms with Gasteiger partial charge in [-0.2, -0.15) is 10.4 Å². The van der Waals surface area contributed by atoms with E-state index in [-0.39, 0.29) is 34.6 Å². The summed E-state index contributed by atoms with van der Waals surface area (Å²) in [6.07, 6.45) is 0.682. The number of amides is 1. The first-order chi connectivity index (χ1) is 14.8. The number of carboxylic acids is 2. The largest absolute Gasteiger partial charge is 0.478 e. The van der Waals surface area contributed by atoms with Gasteiger partial charge in [0.15, 0.2) is 4.38 Å². The van der Waals surface area contributed by atoms with Gasteiger partial charge in [0, 0.05) is 17.4 Å². The van der Waals surface area contributed by atoms with Crippen LogP contribution in [0.3, 0.4) is 0 Å². The molecule has 0 aromatic heterocycles. The molecule has 14 heteroatoms. The summed E-state index contributed by atoms with van der Waals surface area (Å²) in [5.41, 5.74) is 1.95. The quantitative estimate of drug-likeness (QED) is 0.356. The van der Waals surface area contributed by atoms with Crippen molar-refractivity contribution < 1.29 is 24.6 Å². The van der Waals surface area contributed by atoms with Crippen molar-refractivity contribution in [3.05, 3.63) is 11.3 Å². The minimum Gasteiger partial charge on any atom is -0.478 e. The molecule has 1 saturated heterocycles. The highest BCUT2D eigenvalue weighted by Crippen LogP contribution is 2.43. The number of nitrogens with one attached hydrogen (secondary N) is 1. The third-order valence-corrected chi connectivity index (χ3v) is 9.71. The minimum atomic E-state index is -1.19. The molecule has 0 bridgehead atoms. The van der Waals surface area contributed by atoms with Crippen molar-refractivity contribution in [1.29, 1.82) is 5.26 Å². The van der Waals surface area contributed by atoms with Gasteiger partial charge in [0.2, 0.25) is 0 Å². The fraction of sp³-hybridized carbons (Fsp3) is 0.412. The molecule has 1 amide bonds. The van der Waals surface area contributed by atoms with Crippen LogP contribution in [0.4, 0.5) is 0 Å². The van der Waals surface area contributed by atoms with Crippen LogP contribution in [0, 0.1) is 23.2 Å². The number of nitrogens with zero attached hydrogens (tertiary/aromatic N) is 4. The molecule has 10 nitrogen and oxygen atoms in total. The summed E-state index contributed by atoms with van der Waals surface area (Å²) in [5, 5.41) is 39.1. The first-order valence-corrected chi connectivity index (χ1v) is 12.7. The molecule has 162 valence electrons. The standard InChI is InChI=1S/C17H15N5O5S4/c18-2-7-1-9(7)13(28)20-11-14(25)22-12(16(26)27)8(3-29-15(11)22)4-30-17-21-19-6-31(17)5-10(23)24/h5-7,9,11,15H,1,3-4H2,(H,20,28)(H,23,24)(H,26,27)/t7-,9-,11?,15-,31?/m0/s1. The lowest BCUT2D eigenvalue weighted by Crippen LogP contribution is -2.70. The van der Waals surface area contributed by atoms with Crippen LogP contribution in [0.25, 0.3) is 0 Å². The van der Waals surface area contributed by atoms with E-state index in [2.05, 4.69) is 21.6 Å². The summed E-state index contributed by atoms with van der Waals surface area (Å²) in [4.78, 5) is 37.3. The van der Waals surface area contributed by atoms with Gasteiger partial charge in [-0.05, 0) is 12.0 Å². The second-order valence-corrected chi connectivity index (χ2v) is 11.3. The zero-order valence-corrected chi connectivity index (χ0v) is 18.9. The Kier molecular flexibility index (Phi) is 6.20. The van der Waals surface area contributed by atoms with Crippen molar-refractivity contribution >= 4 is 84.3 Å². The summed E-state index contributed by atoms with van der Waals surface area (Å²) in [7, 11) is -0.853. The number of rotatable bonds is 6. The lowest BCUT2D eigenvalue weighted by atomic mass is 10.0. The van der Waals surface area contributed by atoms with E-state index >= 15 is 0 Å². The Balaban J connectivity index is 1.44. The van der Waals surface area contributed by atoms with Crippen molar-refractivity contribution in [2.24, 2.45) is 22.0 Å². The van der Waals surface area contributed by atoms with Gasteiger partial charge < -0.3 is 15.5 Å². The van der Waals surface area contributed by atoms with Crippen LogP contribution in [0.2, 0.25) is 0 Å². The van der Waals surface area contributed by atoms with Crippen molar-refractivity contribution in [2.75, 3.05) is 11.5 Å². The van der Waals surface area contributed by atoms with Crippen LogP contribution >= 0.6 is 46.2 Å². The van der Waals surface area contributed by atoms with Crippen LogP contribution in [-0.4, -0.2) is 76.2 Å². The summed E-state index contributed by atoms with van der Waals surface area (Å²) < 4.78 is 0.489. The number of thioether (sulfide) groups is 2. The summed E-state index contributed by atoms with van der Waals surface area (Å²) in [5.74, 6) is -2.13. The number of carboxylic acid groups (broad SMARTS) is 2. The first kappa shape index (κ1) is 22.0. The average molecular weight is 498 g/mol. The number of hydrogen-bond donors (Lipinski definition) is 3. The monoisotopic (exact) mass is 497 g/mol. The zero-order chi connectivity index (χ0) is 22.3. The highest BCUT2D eigenvalue weighted by molar-refractivity contribution is 8.52. The van der Waals surface area contributed by atoms with Crippen LogP contribution < -0.4 is 5.32 Å². The Labute approximate surface area is 192 Å². The maximum absolute atomic E-state index is 12.7. The molecule has 0 aromatic carbocycles. The maximum Gasteiger partial charge on any atom is 0.352 e. The highest BCUT2D eigenvalue weighted by atomic mass is 32.2. The summed E-state index contributed by atoms with van der Waals surface area (Å²) >= 11 is 7.97. The van der Waals surface area contributed by atoms with Crippen LogP contribution in [-0.2, 0) is 14.4 Å². The van der Waals surface area contributed by atoms with E-state index in [9.17, 15) is 19.5 Å². The Morgan fingerprint density at radius 1 is 1.52 bits per heavy atom. The number of fused-ring (bicyclic) bond motifs is 1. The van der Waals surface area contributed by atoms with Gasteiger partial charge >= 0.3 is 11.9 Å². The molecule has 1 aliphatic carbocycles. The van der Waals surface area contributed by atoms with Gasteiger partial charge in [-0.15, -0.1) is 16.9 Å². The Bertz CT molecular complexity index is 1060. The van der Waals surface area contributed by atoms with Crippen molar-refractivity contribution in [1.82, 2.24) is 10.2 Å². The number of hydrogen-bond acceptors (Lipinski definition) is 9. The number of β-lactam (4-membered cyclic amide) rings is 1. The topological polar surface area (TPSA) is 155 Å². The maximum atomic E-state index is 12.7. The zero-order valence-electron chi connectivity index (χ0n) is 15.6. The van der Waals surface area contributed by atoms with E-state index in [0.29, 0.717) is 27.1 Å². The Hall–Kier alpha value is -2.21. The molecular weight excluding hydrogens is 482 g/mol. The minimum absolute atomic E-state index is 0.0392. The second kappa shape index (κ2) is 8.73. The van der Waals surface area contributed by atoms with Crippen molar-refractivity contribution in [2.45, 2.75) is 17.8 Å². The van der Waals surface area contributed by atoms with Crippen LogP contribution in [0.15, 0.2) is 21.5 Å². The van der Waals surface area contributed by atoms with Crippen molar-refractivity contribution in [3.8, 4) is 6.07 Å². The molecule has 4 aliphatic rings. The molecule has 0 aromatic rings. The average Bonchev–Trinajstić information content (AvgIpc) is 3.41. The third-order valence-electron chi connectivity index (χ3n) is 4.94. The van der Waals surface area contributed by atoms with E-state index in [1.807, 2.05) is 0 Å². The second-order valence-electron chi connectivity index (χ2n) is 6.93. The molecule has 31 heavy (non-hydrogen) atoms. The number of thiocarbonyl (C=S) groups is 1. The van der Waals surface area contributed by atoms with Gasteiger partial charge in [-0.1, -0.05) is 34.5 Å². The molecule has 2 unspecified atom stereocenters. The lowest BCUT2D eigenvalue weighted by molar-refractivity contribution is -0.148. The number of nitriles is 1. The van der Waals surface area contributed by atoms with Gasteiger partial charge in [-0.25, -0.2) is 9.59 Å². The first-order valence-electron chi connectivity index (χ1n) is 8.95. The summed E-state index contributed by atoms with van der Waals surface area (Å²) in [6, 6.07) is 1.55. The molecule has 1 saturated carbocycles. The Morgan fingerprint density at radius 3 is 2.94 bits per heavy atom. The molecule has 2 fully saturated rings. The number of carbonyl (C=O) groups excluding carboxylic acids is 1.